The van der Waals surface area contributed by atoms with E-state index in [1.165, 1.54) is 12.8 Å². The van der Waals surface area contributed by atoms with Crippen LogP contribution in [0.25, 0.3) is 10.9 Å². The minimum Gasteiger partial charge on any atom is -0.497 e. The summed E-state index contributed by atoms with van der Waals surface area (Å²) in [5.41, 5.74) is 1.05. The number of tetrazole rings is 1. The lowest BCUT2D eigenvalue weighted by Crippen LogP contribution is -2.38. The van der Waals surface area contributed by atoms with Crippen LogP contribution < -0.4 is 10.3 Å². The van der Waals surface area contributed by atoms with Crippen molar-refractivity contribution in [1.29, 1.82) is 0 Å². The Balaban J connectivity index is 1.91. The van der Waals surface area contributed by atoms with Gasteiger partial charge in [0, 0.05) is 16.5 Å². The zero-order chi connectivity index (χ0) is 21.3. The zero-order valence-electron chi connectivity index (χ0n) is 18.2. The molecule has 8 nitrogen and oxygen atoms in total. The van der Waals surface area contributed by atoms with Gasteiger partial charge in [-0.15, -0.1) is 5.10 Å². The molecule has 1 aromatic carbocycles. The van der Waals surface area contributed by atoms with Gasteiger partial charge in [-0.3, -0.25) is 9.69 Å². The van der Waals surface area contributed by atoms with E-state index >= 15 is 0 Å². The van der Waals surface area contributed by atoms with Gasteiger partial charge in [0.2, 0.25) is 0 Å². The van der Waals surface area contributed by atoms with Gasteiger partial charge in [-0.1, -0.05) is 12.8 Å². The Morgan fingerprint density at radius 2 is 1.83 bits per heavy atom. The molecule has 3 heterocycles. The Kier molecular flexibility index (Phi) is 5.60. The number of H-pyrrole nitrogens is 1. The molecule has 160 valence electrons. The monoisotopic (exact) mass is 410 g/mol. The molecule has 0 amide bonds. The molecule has 1 saturated heterocycles. The maximum Gasteiger partial charge on any atom is 0.253 e. The van der Waals surface area contributed by atoms with Crippen LogP contribution in [0.4, 0.5) is 0 Å². The van der Waals surface area contributed by atoms with Crippen LogP contribution >= 0.6 is 0 Å². The summed E-state index contributed by atoms with van der Waals surface area (Å²) in [6, 6.07) is 7.33. The molecular formula is C22H30N6O2. The predicted octanol–water partition coefficient (Wildman–Crippen LogP) is 3.24. The molecule has 8 heteroatoms. The molecule has 1 aliphatic rings. The first-order valence-corrected chi connectivity index (χ1v) is 10.6. The number of benzene rings is 1. The molecule has 1 N–H and O–H groups in total. The molecule has 4 rings (SSSR count). The maximum atomic E-state index is 13.2. The van der Waals surface area contributed by atoms with Gasteiger partial charge >= 0.3 is 0 Å². The van der Waals surface area contributed by atoms with E-state index in [2.05, 4.69) is 46.2 Å². The molecule has 0 spiro atoms. The summed E-state index contributed by atoms with van der Waals surface area (Å²) in [7, 11) is 1.64. The second-order valence-electron chi connectivity index (χ2n) is 8.98. The van der Waals surface area contributed by atoms with Crippen molar-refractivity contribution in [3.8, 4) is 5.75 Å². The van der Waals surface area contributed by atoms with Crippen molar-refractivity contribution in [3.05, 3.63) is 46.0 Å². The van der Waals surface area contributed by atoms with Crippen LogP contribution in [-0.2, 0) is 5.54 Å². The van der Waals surface area contributed by atoms with Crippen LogP contribution in [0.2, 0.25) is 0 Å². The highest BCUT2D eigenvalue weighted by Crippen LogP contribution is 2.31. The fourth-order valence-corrected chi connectivity index (χ4v) is 4.23. The summed E-state index contributed by atoms with van der Waals surface area (Å²) in [5, 5.41) is 13.6. The molecule has 1 fully saturated rings. The average molecular weight is 411 g/mol. The van der Waals surface area contributed by atoms with Crippen molar-refractivity contribution in [2.45, 2.75) is 58.0 Å². The van der Waals surface area contributed by atoms with Gasteiger partial charge < -0.3 is 9.72 Å². The minimum absolute atomic E-state index is 0.106. The average Bonchev–Trinajstić information content (AvgIpc) is 3.05. The minimum atomic E-state index is -0.309. The van der Waals surface area contributed by atoms with E-state index in [1.54, 1.807) is 7.11 Å². The molecular weight excluding hydrogens is 380 g/mol. The number of nitrogens with zero attached hydrogens (tertiary/aromatic N) is 5. The molecule has 0 radical (unpaired) electrons. The molecule has 0 saturated carbocycles. The highest BCUT2D eigenvalue weighted by atomic mass is 16.5. The van der Waals surface area contributed by atoms with Crippen molar-refractivity contribution in [1.82, 2.24) is 30.1 Å². The molecule has 3 aromatic rings. The number of aromatic nitrogens is 5. The summed E-state index contributed by atoms with van der Waals surface area (Å²) in [4.78, 5) is 18.6. The third-order valence-electron chi connectivity index (χ3n) is 5.75. The van der Waals surface area contributed by atoms with Gasteiger partial charge in [-0.25, -0.2) is 4.68 Å². The molecule has 0 aliphatic carbocycles. The summed E-state index contributed by atoms with van der Waals surface area (Å²) < 4.78 is 7.23. The largest absolute Gasteiger partial charge is 0.497 e. The second kappa shape index (κ2) is 8.18. The SMILES string of the molecule is COc1ccc2[nH]c(=O)c([C@@H](c3nnnn3C(C)(C)C)N3CCCCCC3)cc2c1. The predicted molar refractivity (Wildman–Crippen MR) is 116 cm³/mol. The van der Waals surface area contributed by atoms with Crippen LogP contribution in [0.1, 0.15) is 63.9 Å². The third kappa shape index (κ3) is 3.96. The summed E-state index contributed by atoms with van der Waals surface area (Å²) >= 11 is 0. The fourth-order valence-electron chi connectivity index (χ4n) is 4.23. The summed E-state index contributed by atoms with van der Waals surface area (Å²) in [6.07, 6.45) is 4.62. The van der Waals surface area contributed by atoms with Crippen molar-refractivity contribution in [3.63, 3.8) is 0 Å². The standard InChI is InChI=1S/C22H30N6O2/c1-22(2,3)28-20(24-25-26-28)19(27-11-7-5-6-8-12-27)17-14-15-13-16(30-4)9-10-18(15)23-21(17)29/h9-10,13-14,19H,5-8,11-12H2,1-4H3,(H,23,29)/t19-/m0/s1. The number of methoxy groups -OCH3 is 1. The molecule has 0 unspecified atom stereocenters. The van der Waals surface area contributed by atoms with Crippen molar-refractivity contribution >= 4 is 10.9 Å². The highest BCUT2D eigenvalue weighted by Gasteiger charge is 2.33. The first-order valence-electron chi connectivity index (χ1n) is 10.6. The lowest BCUT2D eigenvalue weighted by atomic mass is 10.0. The van der Waals surface area contributed by atoms with Crippen molar-refractivity contribution in [2.24, 2.45) is 0 Å². The summed E-state index contributed by atoms with van der Waals surface area (Å²) in [5.74, 6) is 1.46. The third-order valence-corrected chi connectivity index (χ3v) is 5.75. The Bertz CT molecular complexity index is 1070. The summed E-state index contributed by atoms with van der Waals surface area (Å²) in [6.45, 7) is 8.04. The van der Waals surface area contributed by atoms with E-state index < -0.39 is 0 Å². The topological polar surface area (TPSA) is 88.9 Å². The van der Waals surface area contributed by atoms with Gasteiger partial charge in [0.05, 0.1) is 12.6 Å². The number of nitrogens with one attached hydrogen (secondary N) is 1. The van der Waals surface area contributed by atoms with Gasteiger partial charge in [0.15, 0.2) is 5.82 Å². The van der Waals surface area contributed by atoms with E-state index in [0.29, 0.717) is 11.4 Å². The number of aromatic amines is 1. The fraction of sp³-hybridized carbons (Fsp3) is 0.545. The Morgan fingerprint density at radius 3 is 2.50 bits per heavy atom. The van der Waals surface area contributed by atoms with Gasteiger partial charge in [-0.2, -0.15) is 0 Å². The van der Waals surface area contributed by atoms with Crippen molar-refractivity contribution in [2.75, 3.05) is 20.2 Å². The number of hydrogen-bond acceptors (Lipinski definition) is 6. The Labute approximate surface area is 176 Å². The number of likely N-dealkylation sites (tertiary alicyclic amines) is 1. The Hall–Kier alpha value is -2.74. The smallest absolute Gasteiger partial charge is 0.253 e. The molecule has 2 aromatic heterocycles. The second-order valence-corrected chi connectivity index (χ2v) is 8.98. The van der Waals surface area contributed by atoms with Crippen LogP contribution in [0, 0.1) is 0 Å². The number of fused-ring (bicyclic) bond motifs is 1. The normalized spacial score (nSPS) is 17.1. The quantitative estimate of drug-likeness (QED) is 0.710. The Morgan fingerprint density at radius 1 is 1.10 bits per heavy atom. The molecule has 1 atom stereocenters. The van der Waals surface area contributed by atoms with E-state index in [-0.39, 0.29) is 17.1 Å². The van der Waals surface area contributed by atoms with E-state index in [4.69, 9.17) is 4.74 Å². The van der Waals surface area contributed by atoms with Crippen LogP contribution in [0.3, 0.4) is 0 Å². The highest BCUT2D eigenvalue weighted by molar-refractivity contribution is 5.80. The van der Waals surface area contributed by atoms with Crippen molar-refractivity contribution < 1.29 is 4.74 Å². The van der Waals surface area contributed by atoms with Gasteiger partial charge in [0.25, 0.3) is 5.56 Å². The van der Waals surface area contributed by atoms with E-state index in [9.17, 15) is 4.79 Å². The van der Waals surface area contributed by atoms with Crippen LogP contribution in [0.5, 0.6) is 5.75 Å². The van der Waals surface area contributed by atoms with Crippen LogP contribution in [0.15, 0.2) is 29.1 Å². The van der Waals surface area contributed by atoms with E-state index in [0.717, 1.165) is 42.6 Å². The number of pyridine rings is 1. The van der Waals surface area contributed by atoms with Crippen LogP contribution in [-0.4, -0.2) is 50.3 Å². The van der Waals surface area contributed by atoms with Gasteiger partial charge in [0.1, 0.15) is 11.8 Å². The lowest BCUT2D eigenvalue weighted by molar-refractivity contribution is 0.208. The number of rotatable bonds is 4. The first kappa shape index (κ1) is 20.5. The molecule has 1 aliphatic heterocycles. The molecule has 0 bridgehead atoms. The maximum absolute atomic E-state index is 13.2. The number of hydrogen-bond donors (Lipinski definition) is 1. The van der Waals surface area contributed by atoms with E-state index in [1.807, 2.05) is 28.9 Å². The molecule has 30 heavy (non-hydrogen) atoms. The first-order chi connectivity index (χ1) is 14.4. The lowest BCUT2D eigenvalue weighted by Gasteiger charge is -2.31. The zero-order valence-corrected chi connectivity index (χ0v) is 18.2. The van der Waals surface area contributed by atoms with Gasteiger partial charge in [-0.05, 0) is 81.4 Å². The number of ether oxygens (including phenoxy) is 1.